The highest BCUT2D eigenvalue weighted by atomic mass is 79.9. The van der Waals surface area contributed by atoms with Crippen molar-refractivity contribution in [2.45, 2.75) is 30.9 Å². The summed E-state index contributed by atoms with van der Waals surface area (Å²) >= 11 is 3.45. The van der Waals surface area contributed by atoms with Gasteiger partial charge in [-0.15, -0.1) is 0 Å². The fourth-order valence-corrected chi connectivity index (χ4v) is 4.85. The molecule has 5 nitrogen and oxygen atoms in total. The number of hydrogen-bond acceptors (Lipinski definition) is 4. The lowest BCUT2D eigenvalue weighted by Gasteiger charge is -2.09. The number of aromatic nitrogens is 2. The molecule has 1 heterocycles. The number of hydrogen-bond donors (Lipinski definition) is 1. The zero-order valence-corrected chi connectivity index (χ0v) is 14.6. The summed E-state index contributed by atoms with van der Waals surface area (Å²) in [5.41, 5.74) is 8.35. The van der Waals surface area contributed by atoms with Crippen LogP contribution in [0.25, 0.3) is 0 Å². The van der Waals surface area contributed by atoms with Crippen molar-refractivity contribution in [3.63, 3.8) is 0 Å². The molecule has 2 rings (SSSR count). The molecule has 2 aromatic rings. The molecule has 0 spiro atoms. The molecule has 21 heavy (non-hydrogen) atoms. The second-order valence-corrected chi connectivity index (χ2v) is 7.72. The average Bonchev–Trinajstić information content (AvgIpc) is 2.68. The van der Waals surface area contributed by atoms with Gasteiger partial charge >= 0.3 is 0 Å². The van der Waals surface area contributed by atoms with Crippen LogP contribution in [0.5, 0.6) is 0 Å². The maximum absolute atomic E-state index is 12.7. The van der Waals surface area contributed by atoms with E-state index in [1.165, 1.54) is 6.07 Å². The van der Waals surface area contributed by atoms with Gasteiger partial charge in [0.1, 0.15) is 0 Å². The molecule has 0 atom stereocenters. The molecule has 2 N–H and O–H groups in total. The zero-order chi connectivity index (χ0) is 15.8. The first-order valence-corrected chi connectivity index (χ1v) is 9.00. The van der Waals surface area contributed by atoms with Crippen LogP contribution in [0.4, 0.5) is 5.69 Å². The Morgan fingerprint density at radius 2 is 2.05 bits per heavy atom. The standard InChI is InChI=1S/C14H18BrN3O2S/c1-4-11-14(15)12(18(3)17-11)8-21(19,20)13-7-10(16)6-5-9(13)2/h5-7H,4,8,16H2,1-3H3. The largest absolute Gasteiger partial charge is 0.399 e. The molecule has 1 aromatic carbocycles. The summed E-state index contributed by atoms with van der Waals surface area (Å²) in [6.07, 6.45) is 0.742. The molecule has 0 aliphatic heterocycles. The number of halogens is 1. The van der Waals surface area contributed by atoms with E-state index in [9.17, 15) is 8.42 Å². The predicted octanol–water partition coefficient (Wildman–Crippen LogP) is 2.61. The monoisotopic (exact) mass is 371 g/mol. The van der Waals surface area contributed by atoms with E-state index < -0.39 is 9.84 Å². The summed E-state index contributed by atoms with van der Waals surface area (Å²) in [6, 6.07) is 4.93. The first kappa shape index (κ1) is 16.0. The highest BCUT2D eigenvalue weighted by molar-refractivity contribution is 9.10. The Morgan fingerprint density at radius 3 is 2.62 bits per heavy atom. The van der Waals surface area contributed by atoms with E-state index in [1.807, 2.05) is 6.92 Å². The second kappa shape index (κ2) is 5.81. The molecular formula is C14H18BrN3O2S. The maximum atomic E-state index is 12.7. The highest BCUT2D eigenvalue weighted by Gasteiger charge is 2.23. The van der Waals surface area contributed by atoms with E-state index in [4.69, 9.17) is 5.73 Å². The summed E-state index contributed by atoms with van der Waals surface area (Å²) in [4.78, 5) is 0.272. The fraction of sp³-hybridized carbons (Fsp3) is 0.357. The summed E-state index contributed by atoms with van der Waals surface area (Å²) < 4.78 is 27.7. The molecular weight excluding hydrogens is 354 g/mol. The third-order valence-corrected chi connectivity index (χ3v) is 6.06. The minimum Gasteiger partial charge on any atom is -0.399 e. The molecule has 0 radical (unpaired) electrons. The smallest absolute Gasteiger partial charge is 0.184 e. The van der Waals surface area contributed by atoms with E-state index in [2.05, 4.69) is 21.0 Å². The molecule has 0 bridgehead atoms. The van der Waals surface area contributed by atoms with Gasteiger partial charge in [-0.3, -0.25) is 4.68 Å². The number of benzene rings is 1. The molecule has 0 aliphatic carbocycles. The second-order valence-electron chi connectivity index (χ2n) is 4.97. The molecule has 0 fully saturated rings. The average molecular weight is 372 g/mol. The van der Waals surface area contributed by atoms with Crippen LogP contribution in [0.3, 0.4) is 0 Å². The number of aryl methyl sites for hydroxylation is 3. The summed E-state index contributed by atoms with van der Waals surface area (Å²) in [6.45, 7) is 3.75. The highest BCUT2D eigenvalue weighted by Crippen LogP contribution is 2.27. The van der Waals surface area contributed by atoms with Gasteiger partial charge in [0.25, 0.3) is 0 Å². The molecule has 0 amide bonds. The van der Waals surface area contributed by atoms with Crippen LogP contribution in [0.2, 0.25) is 0 Å². The van der Waals surface area contributed by atoms with E-state index in [-0.39, 0.29) is 10.6 Å². The number of nitrogen functional groups attached to an aromatic ring is 1. The third-order valence-electron chi connectivity index (χ3n) is 3.38. The topological polar surface area (TPSA) is 78.0 Å². The quantitative estimate of drug-likeness (QED) is 0.837. The van der Waals surface area contributed by atoms with Crippen LogP contribution in [0.15, 0.2) is 27.6 Å². The minimum absolute atomic E-state index is 0.110. The summed E-state index contributed by atoms with van der Waals surface area (Å²) in [5.74, 6) is -0.110. The Morgan fingerprint density at radius 1 is 1.38 bits per heavy atom. The molecule has 1 aromatic heterocycles. The Labute approximate surface area is 133 Å². The minimum atomic E-state index is -3.48. The van der Waals surface area contributed by atoms with Crippen LogP contribution in [0.1, 0.15) is 23.9 Å². The first-order chi connectivity index (χ1) is 9.76. The summed E-state index contributed by atoms with van der Waals surface area (Å²) in [5, 5.41) is 4.33. The molecule has 0 aliphatic rings. The van der Waals surface area contributed by atoms with Gasteiger partial charge < -0.3 is 5.73 Å². The van der Waals surface area contributed by atoms with Crippen LogP contribution in [-0.2, 0) is 29.1 Å². The number of rotatable bonds is 4. The summed E-state index contributed by atoms with van der Waals surface area (Å²) in [7, 11) is -1.73. The van der Waals surface area contributed by atoms with Crippen LogP contribution < -0.4 is 5.73 Å². The lowest BCUT2D eigenvalue weighted by atomic mass is 10.2. The number of anilines is 1. The van der Waals surface area contributed by atoms with Gasteiger partial charge in [0, 0.05) is 12.7 Å². The van der Waals surface area contributed by atoms with Crippen molar-refractivity contribution < 1.29 is 8.42 Å². The number of nitrogens with zero attached hydrogens (tertiary/aromatic N) is 2. The van der Waals surface area contributed by atoms with Crippen molar-refractivity contribution in [3.8, 4) is 0 Å². The van der Waals surface area contributed by atoms with Gasteiger partial charge in [-0.1, -0.05) is 13.0 Å². The van der Waals surface area contributed by atoms with Crippen LogP contribution in [0, 0.1) is 6.92 Å². The normalized spacial score (nSPS) is 11.8. The van der Waals surface area contributed by atoms with Crippen molar-refractivity contribution in [3.05, 3.63) is 39.6 Å². The number of sulfone groups is 1. The Balaban J connectivity index is 2.47. The van der Waals surface area contributed by atoms with Gasteiger partial charge in [0.15, 0.2) is 9.84 Å². The first-order valence-electron chi connectivity index (χ1n) is 6.55. The van der Waals surface area contributed by atoms with Crippen molar-refractivity contribution in [2.75, 3.05) is 5.73 Å². The van der Waals surface area contributed by atoms with Gasteiger partial charge in [-0.05, 0) is 47.0 Å². The van der Waals surface area contributed by atoms with Crippen LogP contribution >= 0.6 is 15.9 Å². The maximum Gasteiger partial charge on any atom is 0.184 e. The van der Waals surface area contributed by atoms with Gasteiger partial charge in [-0.25, -0.2) is 8.42 Å². The molecule has 0 unspecified atom stereocenters. The van der Waals surface area contributed by atoms with Crippen molar-refractivity contribution in [2.24, 2.45) is 7.05 Å². The van der Waals surface area contributed by atoms with E-state index in [1.54, 1.807) is 30.8 Å². The molecule has 0 saturated carbocycles. The van der Waals surface area contributed by atoms with Gasteiger partial charge in [-0.2, -0.15) is 5.10 Å². The number of nitrogens with two attached hydrogens (primary N) is 1. The van der Waals surface area contributed by atoms with Crippen molar-refractivity contribution in [1.82, 2.24) is 9.78 Å². The Hall–Kier alpha value is -1.34. The lowest BCUT2D eigenvalue weighted by Crippen LogP contribution is -2.11. The lowest BCUT2D eigenvalue weighted by molar-refractivity contribution is 0.591. The molecule has 7 heteroatoms. The third kappa shape index (κ3) is 3.13. The molecule has 114 valence electrons. The van der Waals surface area contributed by atoms with Crippen molar-refractivity contribution in [1.29, 1.82) is 0 Å². The SMILES string of the molecule is CCc1nn(C)c(CS(=O)(=O)c2cc(N)ccc2C)c1Br. The van der Waals surface area contributed by atoms with Crippen molar-refractivity contribution >= 4 is 31.5 Å². The predicted molar refractivity (Wildman–Crippen MR) is 86.8 cm³/mol. The Bertz CT molecular complexity index is 782. The van der Waals surface area contributed by atoms with Crippen LogP contribution in [-0.4, -0.2) is 18.2 Å². The Kier molecular flexibility index (Phi) is 4.43. The van der Waals surface area contributed by atoms with E-state index in [0.29, 0.717) is 16.9 Å². The van der Waals surface area contributed by atoms with Gasteiger partial charge in [0.2, 0.25) is 0 Å². The van der Waals surface area contributed by atoms with E-state index in [0.717, 1.165) is 16.6 Å². The zero-order valence-electron chi connectivity index (χ0n) is 12.2. The molecule has 0 saturated heterocycles. The fourth-order valence-electron chi connectivity index (χ4n) is 2.19. The van der Waals surface area contributed by atoms with Gasteiger partial charge in [0.05, 0.1) is 26.5 Å². The van der Waals surface area contributed by atoms with E-state index >= 15 is 0 Å².